The maximum atomic E-state index is 8.86. The van der Waals surface area contributed by atoms with Crippen molar-refractivity contribution in [1.82, 2.24) is 0 Å². The van der Waals surface area contributed by atoms with E-state index in [1.54, 1.807) is 18.2 Å². The van der Waals surface area contributed by atoms with Crippen molar-refractivity contribution in [2.75, 3.05) is 12.3 Å². The summed E-state index contributed by atoms with van der Waals surface area (Å²) in [5, 5.41) is 8.86. The van der Waals surface area contributed by atoms with Crippen LogP contribution >= 0.6 is 0 Å². The molecule has 0 amide bonds. The molecule has 2 rings (SSSR count). The smallest absolute Gasteiger partial charge is 0.120 e. The second-order valence-corrected chi connectivity index (χ2v) is 3.94. The Balaban J connectivity index is 1.93. The van der Waals surface area contributed by atoms with E-state index < -0.39 is 0 Å². The molecule has 0 aromatic heterocycles. The fourth-order valence-electron chi connectivity index (χ4n) is 1.65. The van der Waals surface area contributed by atoms with Crippen LogP contribution in [0.1, 0.15) is 11.1 Å². The lowest BCUT2D eigenvalue weighted by molar-refractivity contribution is 0.322. The molecule has 0 bridgehead atoms. The molecule has 0 spiro atoms. The van der Waals surface area contributed by atoms with Crippen LogP contribution in [0.15, 0.2) is 48.5 Å². The highest BCUT2D eigenvalue weighted by Crippen LogP contribution is 2.19. The van der Waals surface area contributed by atoms with Gasteiger partial charge in [-0.2, -0.15) is 5.26 Å². The predicted octanol–water partition coefficient (Wildman–Crippen LogP) is 2.76. The minimum atomic E-state index is 0.451. The van der Waals surface area contributed by atoms with Crippen molar-refractivity contribution in [2.45, 2.75) is 6.42 Å². The quantitative estimate of drug-likeness (QED) is 0.833. The number of nitrogens with zero attached hydrogens (tertiary/aromatic N) is 1. The first-order valence-corrected chi connectivity index (χ1v) is 5.76. The van der Waals surface area contributed by atoms with Crippen LogP contribution in [0.25, 0.3) is 0 Å². The zero-order valence-electron chi connectivity index (χ0n) is 9.97. The van der Waals surface area contributed by atoms with Crippen molar-refractivity contribution in [1.29, 1.82) is 5.26 Å². The summed E-state index contributed by atoms with van der Waals surface area (Å²) in [5.74, 6) is 0.677. The third kappa shape index (κ3) is 3.02. The SMILES string of the molecule is N#Cc1cc(OCCc2ccccc2)ccc1N. The molecule has 0 saturated carbocycles. The molecule has 2 aromatic rings. The minimum absolute atomic E-state index is 0.451. The molecule has 3 nitrogen and oxygen atoms in total. The third-order valence-electron chi connectivity index (χ3n) is 2.65. The summed E-state index contributed by atoms with van der Waals surface area (Å²) < 4.78 is 5.60. The maximum Gasteiger partial charge on any atom is 0.120 e. The normalized spacial score (nSPS) is 9.72. The van der Waals surface area contributed by atoms with E-state index in [0.717, 1.165) is 6.42 Å². The summed E-state index contributed by atoms with van der Waals surface area (Å²) in [5.41, 5.74) is 7.80. The highest BCUT2D eigenvalue weighted by molar-refractivity contribution is 5.56. The molecule has 0 radical (unpaired) electrons. The summed E-state index contributed by atoms with van der Waals surface area (Å²) in [7, 11) is 0. The van der Waals surface area contributed by atoms with Crippen molar-refractivity contribution in [2.24, 2.45) is 0 Å². The predicted molar refractivity (Wildman–Crippen MR) is 71.2 cm³/mol. The van der Waals surface area contributed by atoms with Gasteiger partial charge in [0.2, 0.25) is 0 Å². The molecule has 3 heteroatoms. The summed E-state index contributed by atoms with van der Waals surface area (Å²) >= 11 is 0. The maximum absolute atomic E-state index is 8.86. The van der Waals surface area contributed by atoms with Crippen LogP contribution < -0.4 is 10.5 Å². The van der Waals surface area contributed by atoms with Crippen molar-refractivity contribution in [3.05, 3.63) is 59.7 Å². The van der Waals surface area contributed by atoms with Gasteiger partial charge in [0.25, 0.3) is 0 Å². The fraction of sp³-hybridized carbons (Fsp3) is 0.133. The zero-order chi connectivity index (χ0) is 12.8. The third-order valence-corrected chi connectivity index (χ3v) is 2.65. The number of benzene rings is 2. The van der Waals surface area contributed by atoms with Crippen LogP contribution in [0.3, 0.4) is 0 Å². The van der Waals surface area contributed by atoms with Gasteiger partial charge >= 0.3 is 0 Å². The van der Waals surface area contributed by atoms with Crippen molar-refractivity contribution in [3.8, 4) is 11.8 Å². The van der Waals surface area contributed by atoms with Crippen LogP contribution in [0.2, 0.25) is 0 Å². The average molecular weight is 238 g/mol. The molecule has 2 N–H and O–H groups in total. The van der Waals surface area contributed by atoms with Gasteiger partial charge in [-0.15, -0.1) is 0 Å². The van der Waals surface area contributed by atoms with Gasteiger partial charge in [-0.25, -0.2) is 0 Å². The number of anilines is 1. The number of nitrogens with two attached hydrogens (primary N) is 1. The number of ether oxygens (including phenoxy) is 1. The Bertz CT molecular complexity index is 558. The van der Waals surface area contributed by atoms with E-state index >= 15 is 0 Å². The Kier molecular flexibility index (Phi) is 3.83. The first kappa shape index (κ1) is 12.0. The molecule has 0 unspecified atom stereocenters. The van der Waals surface area contributed by atoms with Gasteiger partial charge in [0, 0.05) is 12.1 Å². The Labute approximate surface area is 106 Å². The number of hydrogen-bond donors (Lipinski definition) is 1. The second kappa shape index (κ2) is 5.74. The molecule has 2 aromatic carbocycles. The van der Waals surface area contributed by atoms with Gasteiger partial charge in [-0.3, -0.25) is 0 Å². The first-order valence-electron chi connectivity index (χ1n) is 5.76. The Morgan fingerprint density at radius 2 is 1.89 bits per heavy atom. The summed E-state index contributed by atoms with van der Waals surface area (Å²) in [6.07, 6.45) is 0.840. The van der Waals surface area contributed by atoms with E-state index in [1.807, 2.05) is 24.3 Å². The van der Waals surface area contributed by atoms with Crippen LogP contribution in [0.4, 0.5) is 5.69 Å². The monoisotopic (exact) mass is 238 g/mol. The van der Waals surface area contributed by atoms with Crippen molar-refractivity contribution >= 4 is 5.69 Å². The highest BCUT2D eigenvalue weighted by atomic mass is 16.5. The van der Waals surface area contributed by atoms with Gasteiger partial charge in [-0.1, -0.05) is 30.3 Å². The molecule has 0 fully saturated rings. The Morgan fingerprint density at radius 3 is 2.61 bits per heavy atom. The molecule has 90 valence electrons. The molecular weight excluding hydrogens is 224 g/mol. The van der Waals surface area contributed by atoms with Crippen LogP contribution in [-0.4, -0.2) is 6.61 Å². The van der Waals surface area contributed by atoms with Gasteiger partial charge in [0.15, 0.2) is 0 Å². The van der Waals surface area contributed by atoms with E-state index in [4.69, 9.17) is 15.7 Å². The van der Waals surface area contributed by atoms with Gasteiger partial charge < -0.3 is 10.5 Å². The van der Waals surface area contributed by atoms with Crippen molar-refractivity contribution in [3.63, 3.8) is 0 Å². The van der Waals surface area contributed by atoms with E-state index in [9.17, 15) is 0 Å². The topological polar surface area (TPSA) is 59.0 Å². The lowest BCUT2D eigenvalue weighted by Gasteiger charge is -2.07. The molecule has 0 saturated heterocycles. The minimum Gasteiger partial charge on any atom is -0.493 e. The second-order valence-electron chi connectivity index (χ2n) is 3.94. The molecule has 0 heterocycles. The lowest BCUT2D eigenvalue weighted by atomic mass is 10.1. The van der Waals surface area contributed by atoms with Crippen LogP contribution in [0.5, 0.6) is 5.75 Å². The summed E-state index contributed by atoms with van der Waals surface area (Å²) in [4.78, 5) is 0. The highest BCUT2D eigenvalue weighted by Gasteiger charge is 2.01. The van der Waals surface area contributed by atoms with E-state index in [1.165, 1.54) is 5.56 Å². The summed E-state index contributed by atoms with van der Waals surface area (Å²) in [6.45, 7) is 0.582. The van der Waals surface area contributed by atoms with Gasteiger partial charge in [0.05, 0.1) is 12.2 Å². The molecule has 18 heavy (non-hydrogen) atoms. The fourth-order valence-corrected chi connectivity index (χ4v) is 1.65. The number of nitrogen functional groups attached to an aromatic ring is 1. The van der Waals surface area contributed by atoms with E-state index in [2.05, 4.69) is 12.1 Å². The van der Waals surface area contributed by atoms with E-state index in [-0.39, 0.29) is 0 Å². The standard InChI is InChI=1S/C15H14N2O/c16-11-13-10-14(6-7-15(13)17)18-9-8-12-4-2-1-3-5-12/h1-7,10H,8-9,17H2. The van der Waals surface area contributed by atoms with Gasteiger partial charge in [0.1, 0.15) is 11.8 Å². The Hall–Kier alpha value is -2.47. The van der Waals surface area contributed by atoms with Gasteiger partial charge in [-0.05, 0) is 23.8 Å². The molecule has 0 aliphatic carbocycles. The largest absolute Gasteiger partial charge is 0.493 e. The number of rotatable bonds is 4. The average Bonchev–Trinajstić information content (AvgIpc) is 2.42. The molecular formula is C15H14N2O. The molecule has 0 aliphatic rings. The Morgan fingerprint density at radius 1 is 1.11 bits per heavy atom. The number of hydrogen-bond acceptors (Lipinski definition) is 3. The summed E-state index contributed by atoms with van der Waals surface area (Å²) in [6, 6.07) is 17.3. The lowest BCUT2D eigenvalue weighted by Crippen LogP contribution is -2.02. The van der Waals surface area contributed by atoms with Crippen molar-refractivity contribution < 1.29 is 4.74 Å². The number of nitriles is 1. The van der Waals surface area contributed by atoms with Crippen LogP contribution in [-0.2, 0) is 6.42 Å². The zero-order valence-corrected chi connectivity index (χ0v) is 9.97. The van der Waals surface area contributed by atoms with Crippen LogP contribution in [0, 0.1) is 11.3 Å². The molecule has 0 atom stereocenters. The molecule has 0 aliphatic heterocycles. The van der Waals surface area contributed by atoms with E-state index in [0.29, 0.717) is 23.6 Å². The first-order chi connectivity index (χ1) is 8.79.